The number of ether oxygens (including phenoxy) is 1. The SMILES string of the molecule is O=C(CNc1ncnc2ccc(C(F)(F)F)cc12)NC1CN([C@H]2CC[C@H]([C@H]3C=CCO3)CC2)C1. The summed E-state index contributed by atoms with van der Waals surface area (Å²) in [6.45, 7) is 2.31. The number of halogens is 3. The van der Waals surface area contributed by atoms with Crippen molar-refractivity contribution in [2.45, 2.75) is 50.0 Å². The first-order valence-electron chi connectivity index (χ1n) is 11.7. The molecule has 0 spiro atoms. The van der Waals surface area contributed by atoms with Crippen LogP contribution < -0.4 is 10.6 Å². The third-order valence-corrected chi connectivity index (χ3v) is 7.09. The van der Waals surface area contributed by atoms with Crippen LogP contribution in [0.25, 0.3) is 10.9 Å². The molecule has 7 nitrogen and oxygen atoms in total. The topological polar surface area (TPSA) is 79.4 Å². The number of rotatable bonds is 6. The molecule has 10 heteroatoms. The van der Waals surface area contributed by atoms with Gasteiger partial charge in [0, 0.05) is 24.5 Å². The van der Waals surface area contributed by atoms with Crippen molar-refractivity contribution in [2.24, 2.45) is 5.92 Å². The average Bonchev–Trinajstić information content (AvgIpc) is 3.34. The number of carbonyl (C=O) groups is 1. The van der Waals surface area contributed by atoms with Gasteiger partial charge in [0.15, 0.2) is 0 Å². The van der Waals surface area contributed by atoms with Crippen LogP contribution in [-0.4, -0.2) is 65.2 Å². The van der Waals surface area contributed by atoms with E-state index in [1.54, 1.807) is 0 Å². The Morgan fingerprint density at radius 3 is 2.65 bits per heavy atom. The predicted octanol–water partition coefficient (Wildman–Crippen LogP) is 3.37. The third kappa shape index (κ3) is 5.02. The van der Waals surface area contributed by atoms with Gasteiger partial charge in [-0.15, -0.1) is 0 Å². The molecular weight excluding hydrogens is 447 g/mol. The van der Waals surface area contributed by atoms with Crippen molar-refractivity contribution >= 4 is 22.6 Å². The molecule has 1 saturated carbocycles. The van der Waals surface area contributed by atoms with Gasteiger partial charge in [0.1, 0.15) is 12.1 Å². The number of aromatic nitrogens is 2. The Hall–Kier alpha value is -2.72. The Morgan fingerprint density at radius 1 is 1.15 bits per heavy atom. The highest BCUT2D eigenvalue weighted by Gasteiger charge is 2.37. The number of amides is 1. The van der Waals surface area contributed by atoms with Crippen LogP contribution in [0.3, 0.4) is 0 Å². The maximum absolute atomic E-state index is 13.1. The summed E-state index contributed by atoms with van der Waals surface area (Å²) in [4.78, 5) is 22.9. The first-order valence-corrected chi connectivity index (χ1v) is 11.7. The lowest BCUT2D eigenvalue weighted by atomic mass is 9.81. The first-order chi connectivity index (χ1) is 16.4. The van der Waals surface area contributed by atoms with E-state index in [2.05, 4.69) is 37.7 Å². The highest BCUT2D eigenvalue weighted by molar-refractivity contribution is 5.91. The van der Waals surface area contributed by atoms with Gasteiger partial charge in [-0.25, -0.2) is 9.97 Å². The molecule has 3 heterocycles. The van der Waals surface area contributed by atoms with E-state index in [1.165, 1.54) is 25.2 Å². The molecule has 2 N–H and O–H groups in total. The highest BCUT2D eigenvalue weighted by atomic mass is 19.4. The summed E-state index contributed by atoms with van der Waals surface area (Å²) in [5, 5.41) is 6.09. The summed E-state index contributed by atoms with van der Waals surface area (Å²) in [5.74, 6) is 0.611. The number of hydrogen-bond donors (Lipinski definition) is 2. The van der Waals surface area contributed by atoms with Gasteiger partial charge in [-0.1, -0.05) is 12.2 Å². The fourth-order valence-corrected chi connectivity index (χ4v) is 5.22. The monoisotopic (exact) mass is 475 g/mol. The molecule has 1 atom stereocenters. The van der Waals surface area contributed by atoms with E-state index in [1.807, 2.05) is 0 Å². The van der Waals surface area contributed by atoms with Crippen LogP contribution in [-0.2, 0) is 15.7 Å². The van der Waals surface area contributed by atoms with Crippen LogP contribution in [0.4, 0.5) is 19.0 Å². The Bertz CT molecular complexity index is 1060. The van der Waals surface area contributed by atoms with Crippen molar-refractivity contribution in [3.8, 4) is 0 Å². The zero-order valence-electron chi connectivity index (χ0n) is 18.7. The number of fused-ring (bicyclic) bond motifs is 1. The van der Waals surface area contributed by atoms with E-state index in [9.17, 15) is 18.0 Å². The Morgan fingerprint density at radius 2 is 1.94 bits per heavy atom. The molecule has 1 aromatic carbocycles. The van der Waals surface area contributed by atoms with Crippen LogP contribution in [0.2, 0.25) is 0 Å². The number of alkyl halides is 3. The second kappa shape index (κ2) is 9.50. The van der Waals surface area contributed by atoms with Crippen molar-refractivity contribution in [1.29, 1.82) is 0 Å². The summed E-state index contributed by atoms with van der Waals surface area (Å²) in [5.41, 5.74) is -0.399. The van der Waals surface area contributed by atoms with E-state index in [0.29, 0.717) is 17.5 Å². The fourth-order valence-electron chi connectivity index (χ4n) is 5.22. The van der Waals surface area contributed by atoms with Crippen molar-refractivity contribution in [1.82, 2.24) is 20.2 Å². The number of anilines is 1. The first kappa shape index (κ1) is 23.0. The minimum atomic E-state index is -4.46. The Balaban J connectivity index is 1.08. The van der Waals surface area contributed by atoms with Gasteiger partial charge in [-0.3, -0.25) is 9.69 Å². The quantitative estimate of drug-likeness (QED) is 0.624. The van der Waals surface area contributed by atoms with Gasteiger partial charge in [0.2, 0.25) is 5.91 Å². The van der Waals surface area contributed by atoms with Crippen molar-refractivity contribution in [2.75, 3.05) is 31.6 Å². The molecule has 1 aliphatic carbocycles. The molecule has 0 radical (unpaired) electrons. The number of likely N-dealkylation sites (tertiary alicyclic amines) is 1. The van der Waals surface area contributed by atoms with Crippen molar-refractivity contribution in [3.63, 3.8) is 0 Å². The summed E-state index contributed by atoms with van der Waals surface area (Å²) in [7, 11) is 0. The summed E-state index contributed by atoms with van der Waals surface area (Å²) >= 11 is 0. The number of benzene rings is 1. The highest BCUT2D eigenvalue weighted by Crippen LogP contribution is 2.34. The summed E-state index contributed by atoms with van der Waals surface area (Å²) in [6.07, 6.45) is 6.01. The zero-order chi connectivity index (χ0) is 23.7. The molecule has 5 rings (SSSR count). The molecule has 2 fully saturated rings. The molecule has 0 bridgehead atoms. The molecule has 1 saturated heterocycles. The minimum Gasteiger partial charge on any atom is -0.370 e. The van der Waals surface area contributed by atoms with E-state index in [-0.39, 0.29) is 35.8 Å². The number of nitrogens with zero attached hydrogens (tertiary/aromatic N) is 3. The molecule has 1 amide bonds. The number of hydrogen-bond acceptors (Lipinski definition) is 6. The summed E-state index contributed by atoms with van der Waals surface area (Å²) < 4.78 is 45.0. The minimum absolute atomic E-state index is 0.0706. The van der Waals surface area contributed by atoms with Gasteiger partial charge >= 0.3 is 6.18 Å². The van der Waals surface area contributed by atoms with Crippen LogP contribution in [0, 0.1) is 5.92 Å². The largest absolute Gasteiger partial charge is 0.416 e. The van der Waals surface area contributed by atoms with E-state index in [0.717, 1.165) is 44.7 Å². The second-order valence-corrected chi connectivity index (χ2v) is 9.32. The van der Waals surface area contributed by atoms with Crippen LogP contribution in [0.15, 0.2) is 36.7 Å². The smallest absolute Gasteiger partial charge is 0.370 e. The molecule has 2 aromatic rings. The lowest BCUT2D eigenvalue weighted by Crippen LogP contribution is -2.63. The second-order valence-electron chi connectivity index (χ2n) is 9.32. The molecule has 3 aliphatic rings. The molecule has 0 unspecified atom stereocenters. The fraction of sp³-hybridized carbons (Fsp3) is 0.542. The lowest BCUT2D eigenvalue weighted by molar-refractivity contribution is -0.137. The lowest BCUT2D eigenvalue weighted by Gasteiger charge is -2.47. The van der Waals surface area contributed by atoms with Gasteiger partial charge in [-0.05, 0) is 49.8 Å². The molecule has 182 valence electrons. The maximum Gasteiger partial charge on any atom is 0.416 e. The predicted molar refractivity (Wildman–Crippen MR) is 121 cm³/mol. The van der Waals surface area contributed by atoms with E-state index in [4.69, 9.17) is 4.74 Å². The number of carbonyl (C=O) groups excluding carboxylic acids is 1. The van der Waals surface area contributed by atoms with E-state index < -0.39 is 11.7 Å². The van der Waals surface area contributed by atoms with Crippen LogP contribution in [0.1, 0.15) is 31.2 Å². The Labute approximate surface area is 195 Å². The van der Waals surface area contributed by atoms with Gasteiger partial charge in [0.05, 0.1) is 36.4 Å². The normalized spacial score (nSPS) is 25.9. The molecule has 1 aromatic heterocycles. The third-order valence-electron chi connectivity index (χ3n) is 7.09. The number of nitrogens with one attached hydrogen (secondary N) is 2. The van der Waals surface area contributed by atoms with Gasteiger partial charge in [0.25, 0.3) is 0 Å². The zero-order valence-corrected chi connectivity index (χ0v) is 18.7. The standard InChI is InChI=1S/C24H28F3N5O2/c25-24(26,27)16-5-8-20-19(10-16)23(30-14-29-20)28-11-22(33)31-17-12-32(13-17)18-6-3-15(4-7-18)21-2-1-9-34-21/h1-2,5,8,10,14-15,17-18,21H,3-4,6-7,9,11-13H2,(H,31,33)(H,28,29,30)/t15-,18-,21-/m1/s1. The van der Waals surface area contributed by atoms with Crippen LogP contribution >= 0.6 is 0 Å². The van der Waals surface area contributed by atoms with Crippen molar-refractivity contribution < 1.29 is 22.7 Å². The summed E-state index contributed by atoms with van der Waals surface area (Å²) in [6, 6.07) is 3.94. The van der Waals surface area contributed by atoms with Crippen molar-refractivity contribution in [3.05, 3.63) is 42.2 Å². The molecular formula is C24H28F3N5O2. The van der Waals surface area contributed by atoms with E-state index >= 15 is 0 Å². The molecule has 34 heavy (non-hydrogen) atoms. The average molecular weight is 476 g/mol. The Kier molecular flexibility index (Phi) is 6.44. The van der Waals surface area contributed by atoms with Crippen LogP contribution in [0.5, 0.6) is 0 Å². The van der Waals surface area contributed by atoms with Gasteiger partial charge < -0.3 is 15.4 Å². The van der Waals surface area contributed by atoms with Gasteiger partial charge in [-0.2, -0.15) is 13.2 Å². The maximum atomic E-state index is 13.1. The molecule has 2 aliphatic heterocycles.